The van der Waals surface area contributed by atoms with Crippen LogP contribution >= 0.6 is 0 Å². The monoisotopic (exact) mass is 260 g/mol. The fourth-order valence-corrected chi connectivity index (χ4v) is 2.18. The molecule has 4 heteroatoms. The van der Waals surface area contributed by atoms with E-state index >= 15 is 0 Å². The molecule has 0 spiro atoms. The van der Waals surface area contributed by atoms with Crippen molar-refractivity contribution < 1.29 is 9.47 Å². The van der Waals surface area contributed by atoms with E-state index in [2.05, 4.69) is 17.9 Å². The Hall–Kier alpha value is -1.57. The van der Waals surface area contributed by atoms with Gasteiger partial charge in [0.25, 0.3) is 0 Å². The van der Waals surface area contributed by atoms with Crippen LogP contribution in [0.15, 0.2) is 24.3 Å². The molecule has 0 aromatic heterocycles. The van der Waals surface area contributed by atoms with E-state index in [4.69, 9.17) is 14.7 Å². The maximum absolute atomic E-state index is 8.82. The Morgan fingerprint density at radius 1 is 1.53 bits per heavy atom. The van der Waals surface area contributed by atoms with Crippen molar-refractivity contribution in [3.05, 3.63) is 29.8 Å². The molecule has 0 amide bonds. The third-order valence-corrected chi connectivity index (χ3v) is 3.32. The summed E-state index contributed by atoms with van der Waals surface area (Å²) >= 11 is 0. The zero-order valence-corrected chi connectivity index (χ0v) is 11.3. The fraction of sp³-hybridized carbons (Fsp3) is 0.533. The van der Waals surface area contributed by atoms with E-state index in [1.54, 1.807) is 12.1 Å². The molecule has 0 bridgehead atoms. The van der Waals surface area contributed by atoms with Crippen molar-refractivity contribution in [2.24, 2.45) is 0 Å². The first-order chi connectivity index (χ1) is 9.31. The van der Waals surface area contributed by atoms with Gasteiger partial charge < -0.3 is 9.47 Å². The summed E-state index contributed by atoms with van der Waals surface area (Å²) in [4.78, 5) is 2.37. The molecular formula is C15H20N2O2. The largest absolute Gasteiger partial charge is 0.492 e. The van der Waals surface area contributed by atoms with E-state index in [1.165, 1.54) is 0 Å². The van der Waals surface area contributed by atoms with Crippen molar-refractivity contribution in [3.63, 3.8) is 0 Å². The summed E-state index contributed by atoms with van der Waals surface area (Å²) in [5, 5.41) is 8.82. The average molecular weight is 260 g/mol. The molecule has 1 aromatic carbocycles. The highest BCUT2D eigenvalue weighted by Crippen LogP contribution is 2.13. The van der Waals surface area contributed by atoms with E-state index in [1.807, 2.05) is 12.1 Å². The van der Waals surface area contributed by atoms with Crippen molar-refractivity contribution in [1.29, 1.82) is 5.26 Å². The minimum Gasteiger partial charge on any atom is -0.492 e. The van der Waals surface area contributed by atoms with Gasteiger partial charge in [-0.1, -0.05) is 13.0 Å². The molecule has 1 aromatic rings. The van der Waals surface area contributed by atoms with Crippen molar-refractivity contribution in [2.75, 3.05) is 32.8 Å². The molecule has 1 saturated heterocycles. The Kier molecular flexibility index (Phi) is 5.20. The molecule has 1 heterocycles. The molecule has 0 radical (unpaired) electrons. The van der Waals surface area contributed by atoms with Gasteiger partial charge in [-0.05, 0) is 24.6 Å². The SMILES string of the molecule is CCC1CN(CCOc2cccc(C#N)c2)CCO1. The van der Waals surface area contributed by atoms with Gasteiger partial charge in [0.15, 0.2) is 0 Å². The maximum Gasteiger partial charge on any atom is 0.120 e. The topological polar surface area (TPSA) is 45.5 Å². The first kappa shape index (κ1) is 13.9. The molecule has 1 fully saturated rings. The summed E-state index contributed by atoms with van der Waals surface area (Å²) in [5.41, 5.74) is 0.634. The Labute approximate surface area is 114 Å². The summed E-state index contributed by atoms with van der Waals surface area (Å²) in [5.74, 6) is 0.763. The lowest BCUT2D eigenvalue weighted by atomic mass is 10.2. The Morgan fingerprint density at radius 2 is 2.42 bits per heavy atom. The van der Waals surface area contributed by atoms with Crippen molar-refractivity contribution in [3.8, 4) is 11.8 Å². The smallest absolute Gasteiger partial charge is 0.120 e. The molecule has 0 N–H and O–H groups in total. The van der Waals surface area contributed by atoms with Gasteiger partial charge in [0.2, 0.25) is 0 Å². The van der Waals surface area contributed by atoms with Gasteiger partial charge in [-0.3, -0.25) is 4.90 Å². The normalized spacial score (nSPS) is 19.9. The number of ether oxygens (including phenoxy) is 2. The highest BCUT2D eigenvalue weighted by molar-refractivity contribution is 5.36. The molecule has 19 heavy (non-hydrogen) atoms. The first-order valence-corrected chi connectivity index (χ1v) is 6.78. The second-order valence-corrected chi connectivity index (χ2v) is 4.69. The molecule has 1 atom stereocenters. The van der Waals surface area contributed by atoms with Gasteiger partial charge >= 0.3 is 0 Å². The predicted octanol–water partition coefficient (Wildman–Crippen LogP) is 2.05. The lowest BCUT2D eigenvalue weighted by Gasteiger charge is -2.32. The lowest BCUT2D eigenvalue weighted by Crippen LogP contribution is -2.43. The van der Waals surface area contributed by atoms with E-state index in [0.717, 1.165) is 38.4 Å². The summed E-state index contributed by atoms with van der Waals surface area (Å²) in [6, 6.07) is 9.39. The highest BCUT2D eigenvalue weighted by atomic mass is 16.5. The lowest BCUT2D eigenvalue weighted by molar-refractivity contribution is -0.0324. The maximum atomic E-state index is 8.82. The van der Waals surface area contributed by atoms with Crippen LogP contribution in [0.5, 0.6) is 5.75 Å². The molecule has 1 unspecified atom stereocenters. The molecule has 0 aliphatic carbocycles. The minimum atomic E-state index is 0.357. The molecule has 1 aliphatic heterocycles. The molecule has 102 valence electrons. The van der Waals surface area contributed by atoms with Crippen molar-refractivity contribution in [2.45, 2.75) is 19.4 Å². The zero-order valence-electron chi connectivity index (χ0n) is 11.3. The Bertz CT molecular complexity index is 442. The highest BCUT2D eigenvalue weighted by Gasteiger charge is 2.18. The molecule has 4 nitrogen and oxygen atoms in total. The first-order valence-electron chi connectivity index (χ1n) is 6.78. The average Bonchev–Trinajstić information content (AvgIpc) is 2.48. The van der Waals surface area contributed by atoms with Crippen LogP contribution in [0, 0.1) is 11.3 Å². The van der Waals surface area contributed by atoms with E-state index in [0.29, 0.717) is 18.3 Å². The molecule has 1 aliphatic rings. The van der Waals surface area contributed by atoms with E-state index < -0.39 is 0 Å². The number of hydrogen-bond donors (Lipinski definition) is 0. The number of nitrogens with zero attached hydrogens (tertiary/aromatic N) is 2. The Morgan fingerprint density at radius 3 is 3.21 bits per heavy atom. The van der Waals surface area contributed by atoms with Gasteiger partial charge in [0.1, 0.15) is 12.4 Å². The van der Waals surface area contributed by atoms with Crippen LogP contribution in [0.2, 0.25) is 0 Å². The van der Waals surface area contributed by atoms with Crippen LogP contribution in [0.1, 0.15) is 18.9 Å². The third-order valence-electron chi connectivity index (χ3n) is 3.32. The number of nitriles is 1. The van der Waals surface area contributed by atoms with Gasteiger partial charge in [-0.15, -0.1) is 0 Å². The zero-order chi connectivity index (χ0) is 13.5. The second-order valence-electron chi connectivity index (χ2n) is 4.69. The summed E-state index contributed by atoms with van der Waals surface area (Å²) in [6.45, 7) is 6.46. The van der Waals surface area contributed by atoms with Crippen LogP contribution in [-0.2, 0) is 4.74 Å². The van der Waals surface area contributed by atoms with Crippen LogP contribution < -0.4 is 4.74 Å². The standard InChI is InChI=1S/C15H20N2O2/c1-2-14-12-17(6-8-18-14)7-9-19-15-5-3-4-13(10-15)11-16/h3-5,10,14H,2,6-9,12H2,1H3. The van der Waals surface area contributed by atoms with Crippen molar-refractivity contribution >= 4 is 0 Å². The van der Waals surface area contributed by atoms with E-state index in [-0.39, 0.29) is 0 Å². The van der Waals surface area contributed by atoms with Gasteiger partial charge in [-0.2, -0.15) is 5.26 Å². The Balaban J connectivity index is 1.75. The number of morpholine rings is 1. The molecular weight excluding hydrogens is 240 g/mol. The van der Waals surface area contributed by atoms with Crippen molar-refractivity contribution in [1.82, 2.24) is 4.90 Å². The predicted molar refractivity (Wildman–Crippen MR) is 73.1 cm³/mol. The quantitative estimate of drug-likeness (QED) is 0.813. The van der Waals surface area contributed by atoms with Crippen LogP contribution in [-0.4, -0.2) is 43.9 Å². The summed E-state index contributed by atoms with van der Waals surface area (Å²) in [6.07, 6.45) is 1.41. The summed E-state index contributed by atoms with van der Waals surface area (Å²) < 4.78 is 11.3. The van der Waals surface area contributed by atoms with Gasteiger partial charge in [-0.25, -0.2) is 0 Å². The third kappa shape index (κ3) is 4.23. The fourth-order valence-electron chi connectivity index (χ4n) is 2.18. The van der Waals surface area contributed by atoms with E-state index in [9.17, 15) is 0 Å². The van der Waals surface area contributed by atoms with Crippen LogP contribution in [0.25, 0.3) is 0 Å². The van der Waals surface area contributed by atoms with Crippen LogP contribution in [0.4, 0.5) is 0 Å². The van der Waals surface area contributed by atoms with Crippen LogP contribution in [0.3, 0.4) is 0 Å². The minimum absolute atomic E-state index is 0.357. The molecule has 2 rings (SSSR count). The van der Waals surface area contributed by atoms with Gasteiger partial charge in [0.05, 0.1) is 24.3 Å². The second kappa shape index (κ2) is 7.13. The van der Waals surface area contributed by atoms with Gasteiger partial charge in [0, 0.05) is 19.6 Å². The number of hydrogen-bond acceptors (Lipinski definition) is 4. The summed E-state index contributed by atoms with van der Waals surface area (Å²) in [7, 11) is 0. The number of rotatable bonds is 5. The molecule has 0 saturated carbocycles. The number of benzene rings is 1.